The summed E-state index contributed by atoms with van der Waals surface area (Å²) in [5.41, 5.74) is 0.808. The Kier molecular flexibility index (Phi) is 5.08. The maximum Gasteiger partial charge on any atom is 0.323 e. The lowest BCUT2D eigenvalue weighted by atomic mass is 10.3. The lowest BCUT2D eigenvalue weighted by Crippen LogP contribution is -2.34. The second-order valence-electron chi connectivity index (χ2n) is 3.01. The van der Waals surface area contributed by atoms with Gasteiger partial charge in [-0.05, 0) is 13.8 Å². The van der Waals surface area contributed by atoms with Gasteiger partial charge in [0.2, 0.25) is 5.91 Å². The molecule has 0 heterocycles. The first-order valence-corrected chi connectivity index (χ1v) is 4.06. The first kappa shape index (κ1) is 12.2. The number of nitrogens with zero attached hydrogens (tertiary/aromatic N) is 1. The third-order valence-electron chi connectivity index (χ3n) is 1.33. The van der Waals surface area contributed by atoms with Crippen molar-refractivity contribution < 1.29 is 14.7 Å². The molecule has 1 amide bonds. The van der Waals surface area contributed by atoms with Crippen LogP contribution in [-0.2, 0) is 9.59 Å². The lowest BCUT2D eigenvalue weighted by molar-refractivity contribution is -0.142. The van der Waals surface area contributed by atoms with Gasteiger partial charge in [0, 0.05) is 6.08 Å². The minimum absolute atomic E-state index is 0.00884. The van der Waals surface area contributed by atoms with E-state index in [2.05, 4.69) is 5.92 Å². The smallest absolute Gasteiger partial charge is 0.323 e. The number of amides is 1. The summed E-state index contributed by atoms with van der Waals surface area (Å²) in [7, 11) is 0. The summed E-state index contributed by atoms with van der Waals surface area (Å²) in [6.45, 7) is 3.15. The van der Waals surface area contributed by atoms with Crippen molar-refractivity contribution in [2.24, 2.45) is 0 Å². The molecular formula is C10H13NO3. The Morgan fingerprint density at radius 1 is 1.50 bits per heavy atom. The average Bonchev–Trinajstić information content (AvgIpc) is 2.01. The Hall–Kier alpha value is -1.76. The van der Waals surface area contributed by atoms with Gasteiger partial charge in [-0.2, -0.15) is 0 Å². The third-order valence-corrected chi connectivity index (χ3v) is 1.33. The number of hydrogen-bond donors (Lipinski definition) is 1. The maximum absolute atomic E-state index is 11.4. The topological polar surface area (TPSA) is 57.6 Å². The van der Waals surface area contributed by atoms with Crippen molar-refractivity contribution in [3.05, 3.63) is 11.6 Å². The van der Waals surface area contributed by atoms with Crippen LogP contribution in [0.2, 0.25) is 0 Å². The van der Waals surface area contributed by atoms with E-state index < -0.39 is 5.97 Å². The fraction of sp³-hybridized carbons (Fsp3) is 0.400. The van der Waals surface area contributed by atoms with Crippen molar-refractivity contribution >= 4 is 11.9 Å². The van der Waals surface area contributed by atoms with Gasteiger partial charge in [-0.3, -0.25) is 9.59 Å². The Morgan fingerprint density at radius 2 is 2.07 bits per heavy atom. The van der Waals surface area contributed by atoms with Gasteiger partial charge >= 0.3 is 5.97 Å². The van der Waals surface area contributed by atoms with Gasteiger partial charge < -0.3 is 10.0 Å². The highest BCUT2D eigenvalue weighted by molar-refractivity contribution is 5.90. The minimum atomic E-state index is -1.07. The van der Waals surface area contributed by atoms with Crippen LogP contribution in [0.4, 0.5) is 0 Å². The molecule has 0 saturated heterocycles. The molecule has 0 radical (unpaired) electrons. The van der Waals surface area contributed by atoms with E-state index in [0.717, 1.165) is 10.5 Å². The fourth-order valence-electron chi connectivity index (χ4n) is 0.823. The van der Waals surface area contributed by atoms with Crippen LogP contribution in [0, 0.1) is 12.3 Å². The van der Waals surface area contributed by atoms with E-state index in [9.17, 15) is 9.59 Å². The van der Waals surface area contributed by atoms with Gasteiger partial charge in [0.1, 0.15) is 6.54 Å². The maximum atomic E-state index is 11.4. The van der Waals surface area contributed by atoms with Crippen molar-refractivity contribution in [2.75, 3.05) is 13.1 Å². The second kappa shape index (κ2) is 5.81. The highest BCUT2D eigenvalue weighted by Gasteiger charge is 2.12. The lowest BCUT2D eigenvalue weighted by Gasteiger charge is -2.15. The molecule has 0 rings (SSSR count). The first-order chi connectivity index (χ1) is 6.47. The van der Waals surface area contributed by atoms with Gasteiger partial charge in [-0.1, -0.05) is 11.5 Å². The van der Waals surface area contributed by atoms with E-state index >= 15 is 0 Å². The molecule has 0 aliphatic heterocycles. The molecule has 0 aliphatic carbocycles. The van der Waals surface area contributed by atoms with Crippen molar-refractivity contribution in [1.82, 2.24) is 4.90 Å². The van der Waals surface area contributed by atoms with Gasteiger partial charge in [-0.25, -0.2) is 0 Å². The Morgan fingerprint density at radius 3 is 2.43 bits per heavy atom. The zero-order chi connectivity index (χ0) is 11.1. The van der Waals surface area contributed by atoms with Gasteiger partial charge in [0.25, 0.3) is 0 Å². The Balaban J connectivity index is 4.50. The third kappa shape index (κ3) is 4.99. The number of carboxylic acid groups (broad SMARTS) is 1. The normalized spacial score (nSPS) is 8.64. The number of carboxylic acids is 1. The summed E-state index contributed by atoms with van der Waals surface area (Å²) in [6, 6.07) is 0. The molecule has 0 aromatic rings. The molecule has 0 fully saturated rings. The monoisotopic (exact) mass is 195 g/mol. The molecule has 4 heteroatoms. The van der Waals surface area contributed by atoms with Crippen LogP contribution in [0.3, 0.4) is 0 Å². The molecule has 76 valence electrons. The number of aliphatic carboxylic acids is 1. The molecule has 0 atom stereocenters. The summed E-state index contributed by atoms with van der Waals surface area (Å²) < 4.78 is 0. The molecule has 4 nitrogen and oxygen atoms in total. The summed E-state index contributed by atoms with van der Waals surface area (Å²) in [5.74, 6) is 0.796. The van der Waals surface area contributed by atoms with Crippen LogP contribution in [0.15, 0.2) is 11.6 Å². The molecule has 0 bridgehead atoms. The molecule has 0 saturated carbocycles. The summed E-state index contributed by atoms with van der Waals surface area (Å²) >= 11 is 0. The van der Waals surface area contributed by atoms with Crippen LogP contribution in [0.25, 0.3) is 0 Å². The number of carbonyl (C=O) groups is 2. The summed E-state index contributed by atoms with van der Waals surface area (Å²) in [4.78, 5) is 22.9. The highest BCUT2D eigenvalue weighted by atomic mass is 16.4. The molecule has 0 aromatic carbocycles. The quantitative estimate of drug-likeness (QED) is 0.525. The second-order valence-corrected chi connectivity index (χ2v) is 3.01. The average molecular weight is 195 g/mol. The van der Waals surface area contributed by atoms with Crippen molar-refractivity contribution in [2.45, 2.75) is 13.8 Å². The predicted octanol–water partition coefficient (Wildman–Crippen LogP) is 0.499. The van der Waals surface area contributed by atoms with Crippen molar-refractivity contribution in [3.63, 3.8) is 0 Å². The van der Waals surface area contributed by atoms with E-state index in [4.69, 9.17) is 11.5 Å². The molecule has 0 spiro atoms. The van der Waals surface area contributed by atoms with Crippen molar-refractivity contribution in [1.29, 1.82) is 0 Å². The Bertz CT molecular complexity index is 295. The number of rotatable bonds is 4. The van der Waals surface area contributed by atoms with Crippen LogP contribution in [0.5, 0.6) is 0 Å². The number of hydrogen-bond acceptors (Lipinski definition) is 2. The number of terminal acetylenes is 1. The SMILES string of the molecule is C#CCN(CC(=O)O)C(=O)C=C(C)C. The molecule has 14 heavy (non-hydrogen) atoms. The molecule has 0 aliphatic rings. The zero-order valence-electron chi connectivity index (χ0n) is 8.28. The Labute approximate surface area is 83.2 Å². The summed E-state index contributed by atoms with van der Waals surface area (Å²) in [5, 5.41) is 8.51. The predicted molar refractivity (Wildman–Crippen MR) is 52.5 cm³/mol. The fourth-order valence-corrected chi connectivity index (χ4v) is 0.823. The molecule has 0 unspecified atom stereocenters. The van der Waals surface area contributed by atoms with Crippen molar-refractivity contribution in [3.8, 4) is 12.3 Å². The van der Waals surface area contributed by atoms with Gasteiger partial charge in [0.05, 0.1) is 6.54 Å². The number of allylic oxidation sites excluding steroid dienone is 1. The first-order valence-electron chi connectivity index (χ1n) is 4.06. The van der Waals surface area contributed by atoms with Gasteiger partial charge in [-0.15, -0.1) is 6.42 Å². The van der Waals surface area contributed by atoms with Crippen LogP contribution in [0.1, 0.15) is 13.8 Å². The van der Waals surface area contributed by atoms with Crippen LogP contribution >= 0.6 is 0 Å². The van der Waals surface area contributed by atoms with Gasteiger partial charge in [0.15, 0.2) is 0 Å². The molecule has 1 N–H and O–H groups in total. The van der Waals surface area contributed by atoms with Crippen LogP contribution in [-0.4, -0.2) is 35.0 Å². The van der Waals surface area contributed by atoms with E-state index in [0.29, 0.717) is 0 Å². The highest BCUT2D eigenvalue weighted by Crippen LogP contribution is 1.95. The largest absolute Gasteiger partial charge is 0.480 e. The molecule has 0 aromatic heterocycles. The van der Waals surface area contributed by atoms with E-state index in [1.54, 1.807) is 13.8 Å². The zero-order valence-corrected chi connectivity index (χ0v) is 8.28. The molecular weight excluding hydrogens is 182 g/mol. The standard InChI is InChI=1S/C10H13NO3/c1-4-5-11(7-10(13)14)9(12)6-8(2)3/h1,6H,5,7H2,2-3H3,(H,13,14). The van der Waals surface area contributed by atoms with Crippen LogP contribution < -0.4 is 0 Å². The van der Waals surface area contributed by atoms with E-state index in [1.807, 2.05) is 0 Å². The number of carbonyl (C=O) groups excluding carboxylic acids is 1. The summed E-state index contributed by atoms with van der Waals surface area (Å²) in [6.07, 6.45) is 6.38. The minimum Gasteiger partial charge on any atom is -0.480 e. The van der Waals surface area contributed by atoms with E-state index in [-0.39, 0.29) is 19.0 Å². The van der Waals surface area contributed by atoms with E-state index in [1.165, 1.54) is 6.08 Å².